The second kappa shape index (κ2) is 4.88. The zero-order chi connectivity index (χ0) is 9.68. The highest BCUT2D eigenvalue weighted by Gasteiger charge is 2.00. The first-order valence-electron chi connectivity index (χ1n) is 3.64. The van der Waals surface area contributed by atoms with Crippen molar-refractivity contribution in [2.24, 2.45) is 0 Å². The lowest BCUT2D eigenvalue weighted by molar-refractivity contribution is -0.115. The van der Waals surface area contributed by atoms with Crippen molar-refractivity contribution in [3.63, 3.8) is 0 Å². The molecule has 0 radical (unpaired) electrons. The molecule has 1 amide bonds. The van der Waals surface area contributed by atoms with Gasteiger partial charge in [-0.1, -0.05) is 0 Å². The molecule has 1 aromatic rings. The minimum absolute atomic E-state index is 0.140. The maximum absolute atomic E-state index is 11.0. The summed E-state index contributed by atoms with van der Waals surface area (Å²) in [6.45, 7) is 0.262. The molecule has 0 spiro atoms. The van der Waals surface area contributed by atoms with E-state index >= 15 is 0 Å². The number of rotatable bonds is 3. The first kappa shape index (κ1) is 10.1. The van der Waals surface area contributed by atoms with E-state index in [0.29, 0.717) is 10.4 Å². The number of likely N-dealkylation sites (N-methyl/N-ethyl adjacent to an activating group) is 1. The molecule has 6 heteroatoms. The van der Waals surface area contributed by atoms with Gasteiger partial charge in [-0.05, 0) is 23.0 Å². The van der Waals surface area contributed by atoms with E-state index in [-0.39, 0.29) is 12.5 Å². The molecule has 0 saturated heterocycles. The molecule has 0 bridgehead atoms. The summed E-state index contributed by atoms with van der Waals surface area (Å²) in [6.07, 6.45) is 3.01. The predicted molar refractivity (Wildman–Crippen MR) is 52.3 cm³/mol. The minimum Gasteiger partial charge on any atom is -0.311 e. The van der Waals surface area contributed by atoms with Gasteiger partial charge in [0, 0.05) is 0 Å². The van der Waals surface area contributed by atoms with Crippen LogP contribution in [-0.2, 0) is 4.79 Å². The van der Waals surface area contributed by atoms with Crippen molar-refractivity contribution >= 4 is 27.7 Å². The van der Waals surface area contributed by atoms with Crippen LogP contribution in [0.4, 0.5) is 5.82 Å². The van der Waals surface area contributed by atoms with E-state index in [1.807, 2.05) is 0 Å². The van der Waals surface area contributed by atoms with Gasteiger partial charge in [0.2, 0.25) is 5.91 Å². The van der Waals surface area contributed by atoms with E-state index in [1.165, 1.54) is 12.4 Å². The first-order chi connectivity index (χ1) is 6.22. The van der Waals surface area contributed by atoms with Crippen LogP contribution in [0.15, 0.2) is 17.0 Å². The summed E-state index contributed by atoms with van der Waals surface area (Å²) in [5.74, 6) is 0.308. The standard InChI is InChI=1S/C7H9BrN4O/c1-9-4-7(13)12-6-3-10-5(8)2-11-6/h2-3,9H,4H2,1H3,(H,11,12,13). The number of nitrogens with zero attached hydrogens (tertiary/aromatic N) is 2. The average molecular weight is 245 g/mol. The van der Waals surface area contributed by atoms with Crippen LogP contribution >= 0.6 is 15.9 Å². The minimum atomic E-state index is -0.140. The van der Waals surface area contributed by atoms with Crippen molar-refractivity contribution in [1.29, 1.82) is 0 Å². The van der Waals surface area contributed by atoms with E-state index < -0.39 is 0 Å². The van der Waals surface area contributed by atoms with Crippen LogP contribution in [0.5, 0.6) is 0 Å². The Morgan fingerprint density at radius 3 is 2.85 bits per heavy atom. The molecule has 1 rings (SSSR count). The number of carbonyl (C=O) groups excluding carboxylic acids is 1. The van der Waals surface area contributed by atoms with Crippen molar-refractivity contribution in [1.82, 2.24) is 15.3 Å². The molecule has 0 fully saturated rings. The summed E-state index contributed by atoms with van der Waals surface area (Å²) in [7, 11) is 1.70. The van der Waals surface area contributed by atoms with Gasteiger partial charge in [0.1, 0.15) is 4.60 Å². The summed E-state index contributed by atoms with van der Waals surface area (Å²) < 4.78 is 0.638. The van der Waals surface area contributed by atoms with Crippen molar-refractivity contribution in [3.05, 3.63) is 17.0 Å². The molecule has 0 aromatic carbocycles. The number of halogens is 1. The molecule has 1 aromatic heterocycles. The van der Waals surface area contributed by atoms with Crippen LogP contribution in [0.2, 0.25) is 0 Å². The van der Waals surface area contributed by atoms with Crippen molar-refractivity contribution in [2.75, 3.05) is 18.9 Å². The Morgan fingerprint density at radius 2 is 2.31 bits per heavy atom. The third-order valence-electron chi connectivity index (χ3n) is 1.23. The maximum Gasteiger partial charge on any atom is 0.239 e. The van der Waals surface area contributed by atoms with Gasteiger partial charge < -0.3 is 10.6 Å². The second-order valence-electron chi connectivity index (χ2n) is 2.30. The van der Waals surface area contributed by atoms with Crippen LogP contribution in [-0.4, -0.2) is 29.5 Å². The van der Waals surface area contributed by atoms with E-state index in [2.05, 4.69) is 36.5 Å². The smallest absolute Gasteiger partial charge is 0.239 e. The summed E-state index contributed by atoms with van der Waals surface area (Å²) in [6, 6.07) is 0. The molecular weight excluding hydrogens is 236 g/mol. The predicted octanol–water partition coefficient (Wildman–Crippen LogP) is 0.397. The Kier molecular flexibility index (Phi) is 3.78. The Bertz CT molecular complexity index is 287. The number of aromatic nitrogens is 2. The number of nitrogens with one attached hydrogen (secondary N) is 2. The molecule has 0 aliphatic rings. The lowest BCUT2D eigenvalue weighted by atomic mass is 10.5. The molecular formula is C7H9BrN4O. The number of hydrogen-bond donors (Lipinski definition) is 2. The van der Waals surface area contributed by atoms with Gasteiger partial charge in [0.25, 0.3) is 0 Å². The third-order valence-corrected chi connectivity index (χ3v) is 1.63. The first-order valence-corrected chi connectivity index (χ1v) is 4.43. The molecule has 0 saturated carbocycles. The van der Waals surface area contributed by atoms with E-state index in [0.717, 1.165) is 0 Å². The van der Waals surface area contributed by atoms with E-state index in [4.69, 9.17) is 0 Å². The van der Waals surface area contributed by atoms with Gasteiger partial charge in [0.05, 0.1) is 18.9 Å². The summed E-state index contributed by atoms with van der Waals surface area (Å²) in [5.41, 5.74) is 0. The average Bonchev–Trinajstić information content (AvgIpc) is 2.09. The number of amides is 1. The Hall–Kier alpha value is -1.01. The van der Waals surface area contributed by atoms with Gasteiger partial charge in [-0.2, -0.15) is 0 Å². The molecule has 0 aliphatic heterocycles. The Labute approximate surface area is 84.1 Å². The summed E-state index contributed by atoms with van der Waals surface area (Å²) in [4.78, 5) is 18.9. The number of carbonyl (C=O) groups is 1. The quantitative estimate of drug-likeness (QED) is 0.808. The van der Waals surface area contributed by atoms with Crippen molar-refractivity contribution in [3.8, 4) is 0 Å². The van der Waals surface area contributed by atoms with Crippen LogP contribution < -0.4 is 10.6 Å². The van der Waals surface area contributed by atoms with Crippen molar-refractivity contribution < 1.29 is 4.79 Å². The second-order valence-corrected chi connectivity index (χ2v) is 3.12. The van der Waals surface area contributed by atoms with Gasteiger partial charge in [-0.25, -0.2) is 9.97 Å². The lowest BCUT2D eigenvalue weighted by Crippen LogP contribution is -2.25. The highest BCUT2D eigenvalue weighted by molar-refractivity contribution is 9.10. The molecule has 0 unspecified atom stereocenters. The monoisotopic (exact) mass is 244 g/mol. The molecule has 70 valence electrons. The van der Waals surface area contributed by atoms with Crippen LogP contribution in [0.3, 0.4) is 0 Å². The fraction of sp³-hybridized carbons (Fsp3) is 0.286. The number of anilines is 1. The van der Waals surface area contributed by atoms with Crippen LogP contribution in [0.25, 0.3) is 0 Å². The highest BCUT2D eigenvalue weighted by Crippen LogP contribution is 2.05. The molecule has 2 N–H and O–H groups in total. The fourth-order valence-corrected chi connectivity index (χ4v) is 0.929. The van der Waals surface area contributed by atoms with Gasteiger partial charge in [0.15, 0.2) is 5.82 Å². The fourth-order valence-electron chi connectivity index (χ4n) is 0.724. The van der Waals surface area contributed by atoms with Crippen LogP contribution in [0.1, 0.15) is 0 Å². The Morgan fingerprint density at radius 1 is 1.54 bits per heavy atom. The molecule has 1 heterocycles. The van der Waals surface area contributed by atoms with E-state index in [1.54, 1.807) is 7.05 Å². The van der Waals surface area contributed by atoms with Crippen molar-refractivity contribution in [2.45, 2.75) is 0 Å². The van der Waals surface area contributed by atoms with Gasteiger partial charge in [-0.15, -0.1) is 0 Å². The summed E-state index contributed by atoms with van der Waals surface area (Å²) in [5, 5.41) is 5.30. The molecule has 0 aliphatic carbocycles. The van der Waals surface area contributed by atoms with Gasteiger partial charge >= 0.3 is 0 Å². The molecule has 0 atom stereocenters. The van der Waals surface area contributed by atoms with Crippen LogP contribution in [0, 0.1) is 0 Å². The normalized spacial score (nSPS) is 9.69. The largest absolute Gasteiger partial charge is 0.311 e. The summed E-state index contributed by atoms with van der Waals surface area (Å²) >= 11 is 3.14. The Balaban J connectivity index is 2.54. The molecule has 13 heavy (non-hydrogen) atoms. The SMILES string of the molecule is CNCC(=O)Nc1cnc(Br)cn1. The zero-order valence-electron chi connectivity index (χ0n) is 7.04. The maximum atomic E-state index is 11.0. The zero-order valence-corrected chi connectivity index (χ0v) is 8.63. The van der Waals surface area contributed by atoms with E-state index in [9.17, 15) is 4.79 Å². The number of hydrogen-bond acceptors (Lipinski definition) is 4. The lowest BCUT2D eigenvalue weighted by Gasteiger charge is -2.02. The third kappa shape index (κ3) is 3.47. The highest BCUT2D eigenvalue weighted by atomic mass is 79.9. The van der Waals surface area contributed by atoms with Gasteiger partial charge in [-0.3, -0.25) is 4.79 Å². The molecule has 5 nitrogen and oxygen atoms in total. The topological polar surface area (TPSA) is 66.9 Å².